The smallest absolute Gasteiger partial charge is 0.167 e. The van der Waals surface area contributed by atoms with Crippen molar-refractivity contribution in [2.24, 2.45) is 7.05 Å². The van der Waals surface area contributed by atoms with Gasteiger partial charge in [0, 0.05) is 24.4 Å². The largest absolute Gasteiger partial charge is 0.494 e. The van der Waals surface area contributed by atoms with E-state index in [1.165, 1.54) is 13.2 Å². The predicted molar refractivity (Wildman–Crippen MR) is 112 cm³/mol. The lowest BCUT2D eigenvalue weighted by Crippen LogP contribution is -2.02. The molecule has 29 heavy (non-hydrogen) atoms. The fourth-order valence-corrected chi connectivity index (χ4v) is 3.33. The van der Waals surface area contributed by atoms with Gasteiger partial charge in [0.2, 0.25) is 0 Å². The van der Waals surface area contributed by atoms with Gasteiger partial charge in [0.05, 0.1) is 12.8 Å². The van der Waals surface area contributed by atoms with Crippen LogP contribution in [0.25, 0.3) is 22.4 Å². The first kappa shape index (κ1) is 18.9. The number of nitrogens with zero attached hydrogens (tertiary/aromatic N) is 4. The average Bonchev–Trinajstić information content (AvgIpc) is 3.05. The average molecular weight is 391 g/mol. The maximum Gasteiger partial charge on any atom is 0.167 e. The molecule has 148 valence electrons. The highest BCUT2D eigenvalue weighted by molar-refractivity contribution is 5.91. The van der Waals surface area contributed by atoms with E-state index in [-0.39, 0.29) is 5.75 Å². The first-order chi connectivity index (χ1) is 14.1. The summed E-state index contributed by atoms with van der Waals surface area (Å²) in [5.74, 6) is 0.928. The van der Waals surface area contributed by atoms with E-state index in [9.17, 15) is 4.39 Å². The molecule has 7 heteroatoms. The Balaban J connectivity index is 1.88. The molecule has 2 aromatic heterocycles. The molecule has 2 aromatic carbocycles. The van der Waals surface area contributed by atoms with E-state index in [0.717, 1.165) is 35.1 Å². The number of benzene rings is 2. The number of methoxy groups -OCH3 is 1. The van der Waals surface area contributed by atoms with Gasteiger partial charge in [-0.05, 0) is 18.6 Å². The molecule has 0 saturated heterocycles. The van der Waals surface area contributed by atoms with Crippen LogP contribution >= 0.6 is 0 Å². The molecular formula is C22H22FN5O. The van der Waals surface area contributed by atoms with Crippen LogP contribution in [0, 0.1) is 5.82 Å². The van der Waals surface area contributed by atoms with E-state index in [2.05, 4.69) is 17.3 Å². The Bertz CT molecular complexity index is 1160. The Hall–Kier alpha value is -3.48. The predicted octanol–water partition coefficient (Wildman–Crippen LogP) is 4.87. The van der Waals surface area contributed by atoms with Crippen LogP contribution in [0.2, 0.25) is 0 Å². The Kier molecular flexibility index (Phi) is 5.12. The third-order valence-electron chi connectivity index (χ3n) is 4.69. The van der Waals surface area contributed by atoms with Crippen LogP contribution in [-0.4, -0.2) is 26.9 Å². The van der Waals surface area contributed by atoms with E-state index in [0.29, 0.717) is 17.3 Å². The van der Waals surface area contributed by atoms with Gasteiger partial charge in [-0.25, -0.2) is 14.4 Å². The number of ether oxygens (including phenoxy) is 1. The minimum atomic E-state index is -0.442. The number of hydrogen-bond donors (Lipinski definition) is 1. The second-order valence-corrected chi connectivity index (χ2v) is 6.75. The molecule has 0 bridgehead atoms. The molecule has 2 heterocycles. The highest BCUT2D eigenvalue weighted by Crippen LogP contribution is 2.30. The van der Waals surface area contributed by atoms with Gasteiger partial charge in [-0.3, -0.25) is 4.68 Å². The minimum Gasteiger partial charge on any atom is -0.494 e. The molecule has 1 N–H and O–H groups in total. The second kappa shape index (κ2) is 7.87. The molecule has 0 radical (unpaired) electrons. The molecule has 0 atom stereocenters. The second-order valence-electron chi connectivity index (χ2n) is 6.75. The molecule has 0 fully saturated rings. The number of aromatic nitrogens is 4. The quantitative estimate of drug-likeness (QED) is 0.508. The molecule has 4 aromatic rings. The zero-order valence-corrected chi connectivity index (χ0v) is 16.6. The Morgan fingerprint density at radius 1 is 1.10 bits per heavy atom. The van der Waals surface area contributed by atoms with E-state index in [4.69, 9.17) is 14.7 Å². The number of fused-ring (bicyclic) bond motifs is 1. The SMILES string of the molecule is CCCc1nn(C)c2c(Nc3ccc(OC)c(F)c3)nc(-c3ccccc3)nc12. The number of aryl methyl sites for hydroxylation is 2. The van der Waals surface area contributed by atoms with Crippen molar-refractivity contribution < 1.29 is 9.13 Å². The van der Waals surface area contributed by atoms with Crippen LogP contribution in [-0.2, 0) is 13.5 Å². The van der Waals surface area contributed by atoms with Gasteiger partial charge < -0.3 is 10.1 Å². The summed E-state index contributed by atoms with van der Waals surface area (Å²) in [6, 6.07) is 14.5. The van der Waals surface area contributed by atoms with E-state index in [1.54, 1.807) is 16.8 Å². The summed E-state index contributed by atoms with van der Waals surface area (Å²) in [6.07, 6.45) is 1.78. The lowest BCUT2D eigenvalue weighted by atomic mass is 10.2. The van der Waals surface area contributed by atoms with Crippen LogP contribution in [0.4, 0.5) is 15.9 Å². The summed E-state index contributed by atoms with van der Waals surface area (Å²) in [4.78, 5) is 9.54. The monoisotopic (exact) mass is 391 g/mol. The van der Waals surface area contributed by atoms with Crippen LogP contribution in [0.15, 0.2) is 48.5 Å². The molecule has 0 aliphatic rings. The van der Waals surface area contributed by atoms with Crippen molar-refractivity contribution in [3.8, 4) is 17.1 Å². The Labute approximate surface area is 168 Å². The third-order valence-corrected chi connectivity index (χ3v) is 4.69. The molecule has 0 unspecified atom stereocenters. The van der Waals surface area contributed by atoms with Crippen LogP contribution in [0.5, 0.6) is 5.75 Å². The molecule has 0 aliphatic carbocycles. The van der Waals surface area contributed by atoms with Crippen LogP contribution in [0.3, 0.4) is 0 Å². The van der Waals surface area contributed by atoms with Crippen molar-refractivity contribution in [3.05, 3.63) is 60.0 Å². The van der Waals surface area contributed by atoms with Crippen molar-refractivity contribution in [2.75, 3.05) is 12.4 Å². The Morgan fingerprint density at radius 2 is 1.90 bits per heavy atom. The highest BCUT2D eigenvalue weighted by atomic mass is 19.1. The van der Waals surface area contributed by atoms with Gasteiger partial charge >= 0.3 is 0 Å². The molecule has 0 aliphatic heterocycles. The van der Waals surface area contributed by atoms with E-state index >= 15 is 0 Å². The van der Waals surface area contributed by atoms with Gasteiger partial charge in [0.25, 0.3) is 0 Å². The summed E-state index contributed by atoms with van der Waals surface area (Å²) < 4.78 is 21.0. The number of rotatable bonds is 6. The maximum atomic E-state index is 14.2. The van der Waals surface area contributed by atoms with Crippen molar-refractivity contribution in [1.82, 2.24) is 19.7 Å². The number of halogens is 1. The lowest BCUT2D eigenvalue weighted by molar-refractivity contribution is 0.386. The van der Waals surface area contributed by atoms with Gasteiger partial charge in [-0.2, -0.15) is 5.10 Å². The molecule has 6 nitrogen and oxygen atoms in total. The highest BCUT2D eigenvalue weighted by Gasteiger charge is 2.18. The zero-order chi connectivity index (χ0) is 20.4. The first-order valence-electron chi connectivity index (χ1n) is 9.50. The number of nitrogens with one attached hydrogen (secondary N) is 1. The van der Waals surface area contributed by atoms with Gasteiger partial charge in [-0.1, -0.05) is 43.7 Å². The van der Waals surface area contributed by atoms with Crippen molar-refractivity contribution in [2.45, 2.75) is 19.8 Å². The number of hydrogen-bond acceptors (Lipinski definition) is 5. The first-order valence-corrected chi connectivity index (χ1v) is 9.50. The molecule has 0 amide bonds. The summed E-state index contributed by atoms with van der Waals surface area (Å²) >= 11 is 0. The van der Waals surface area contributed by atoms with Crippen molar-refractivity contribution in [3.63, 3.8) is 0 Å². The minimum absolute atomic E-state index is 0.194. The van der Waals surface area contributed by atoms with Gasteiger partial charge in [0.1, 0.15) is 11.0 Å². The summed E-state index contributed by atoms with van der Waals surface area (Å²) in [7, 11) is 3.31. The van der Waals surface area contributed by atoms with E-state index in [1.807, 2.05) is 37.4 Å². The fraction of sp³-hybridized carbons (Fsp3) is 0.227. The summed E-state index contributed by atoms with van der Waals surface area (Å²) in [5, 5.41) is 7.88. The van der Waals surface area contributed by atoms with Gasteiger partial charge in [-0.15, -0.1) is 0 Å². The maximum absolute atomic E-state index is 14.2. The Morgan fingerprint density at radius 3 is 2.59 bits per heavy atom. The summed E-state index contributed by atoms with van der Waals surface area (Å²) in [5.41, 5.74) is 3.99. The van der Waals surface area contributed by atoms with Gasteiger partial charge in [0.15, 0.2) is 23.2 Å². The molecule has 0 saturated carbocycles. The molecular weight excluding hydrogens is 369 g/mol. The van der Waals surface area contributed by atoms with Crippen molar-refractivity contribution >= 4 is 22.5 Å². The van der Waals surface area contributed by atoms with Crippen molar-refractivity contribution in [1.29, 1.82) is 0 Å². The topological polar surface area (TPSA) is 64.9 Å². The zero-order valence-electron chi connectivity index (χ0n) is 16.6. The number of anilines is 2. The standard InChI is InChI=1S/C22H22FN5O/c1-4-8-17-19-20(28(2)27-17)22(24-15-11-12-18(29-3)16(23)13-15)26-21(25-19)14-9-6-5-7-10-14/h5-7,9-13H,4,8H2,1-3H3,(H,24,25,26). The third kappa shape index (κ3) is 3.63. The van der Waals surface area contributed by atoms with Crippen LogP contribution < -0.4 is 10.1 Å². The lowest BCUT2D eigenvalue weighted by Gasteiger charge is -2.11. The normalized spacial score (nSPS) is 11.0. The summed E-state index contributed by atoms with van der Waals surface area (Å²) in [6.45, 7) is 2.11. The molecule has 0 spiro atoms. The molecule has 4 rings (SSSR count). The fourth-order valence-electron chi connectivity index (χ4n) is 3.33. The van der Waals surface area contributed by atoms with Crippen LogP contribution in [0.1, 0.15) is 19.0 Å². The van der Waals surface area contributed by atoms with E-state index < -0.39 is 5.82 Å².